The van der Waals surface area contributed by atoms with Crippen molar-refractivity contribution in [2.45, 2.75) is 13.3 Å². The second-order valence-corrected chi connectivity index (χ2v) is 7.73. The molecule has 0 atom stereocenters. The molecule has 0 bridgehead atoms. The van der Waals surface area contributed by atoms with Crippen molar-refractivity contribution in [2.24, 2.45) is 0 Å². The van der Waals surface area contributed by atoms with Crippen LogP contribution in [0.25, 0.3) is 0 Å². The summed E-state index contributed by atoms with van der Waals surface area (Å²) in [5, 5.41) is 10.0. The first kappa shape index (κ1) is 14.7. The number of aromatic nitrogens is 2. The first-order valence-corrected chi connectivity index (χ1v) is 9.00. The normalized spacial score (nSPS) is 11.3. The predicted molar refractivity (Wildman–Crippen MR) is 90.8 cm³/mol. The molecule has 22 heavy (non-hydrogen) atoms. The van der Waals surface area contributed by atoms with Gasteiger partial charge in [-0.25, -0.2) is 0 Å². The highest BCUT2D eigenvalue weighted by atomic mass is 31.2. The van der Waals surface area contributed by atoms with Crippen molar-refractivity contribution < 1.29 is 4.57 Å². The average molecular weight is 308 g/mol. The van der Waals surface area contributed by atoms with E-state index in [-0.39, 0.29) is 0 Å². The molecule has 0 radical (unpaired) electrons. The third-order valence-corrected chi connectivity index (χ3v) is 6.56. The van der Waals surface area contributed by atoms with E-state index in [9.17, 15) is 4.57 Å². The number of nitrogens with zero attached hydrogens (tertiary/aromatic N) is 2. The summed E-state index contributed by atoms with van der Waals surface area (Å²) in [6.07, 6.45) is 0.814. The summed E-state index contributed by atoms with van der Waals surface area (Å²) in [7, 11) is -2.98. The molecule has 0 amide bonds. The number of hydrogen-bond donors (Lipinski definition) is 0. The summed E-state index contributed by atoms with van der Waals surface area (Å²) >= 11 is 0. The molecule has 0 aliphatic rings. The summed E-state index contributed by atoms with van der Waals surface area (Å²) in [4.78, 5) is 0. The first-order chi connectivity index (χ1) is 10.7. The lowest BCUT2D eigenvalue weighted by atomic mass is 10.3. The molecule has 3 nitrogen and oxygen atoms in total. The van der Waals surface area contributed by atoms with E-state index < -0.39 is 7.14 Å². The van der Waals surface area contributed by atoms with Gasteiger partial charge in [0.15, 0.2) is 7.14 Å². The third-order valence-electron chi connectivity index (χ3n) is 3.63. The van der Waals surface area contributed by atoms with Gasteiger partial charge in [-0.2, -0.15) is 5.10 Å². The molecular formula is C18H17N2OP. The van der Waals surface area contributed by atoms with Gasteiger partial charge in [-0.1, -0.05) is 67.6 Å². The molecule has 1 aromatic heterocycles. The van der Waals surface area contributed by atoms with Gasteiger partial charge in [-0.15, -0.1) is 5.10 Å². The summed E-state index contributed by atoms with van der Waals surface area (Å²) < 4.78 is 13.9. The molecule has 0 saturated carbocycles. The van der Waals surface area contributed by atoms with E-state index >= 15 is 0 Å². The lowest BCUT2D eigenvalue weighted by molar-refractivity contribution is 0.591. The van der Waals surface area contributed by atoms with Crippen molar-refractivity contribution >= 4 is 23.2 Å². The van der Waals surface area contributed by atoms with Crippen LogP contribution in [0.3, 0.4) is 0 Å². The minimum atomic E-state index is -2.98. The fraction of sp³-hybridized carbons (Fsp3) is 0.111. The summed E-state index contributed by atoms with van der Waals surface area (Å²) in [5.74, 6) is 0. The molecule has 0 unspecified atom stereocenters. The zero-order valence-electron chi connectivity index (χ0n) is 12.4. The zero-order chi connectivity index (χ0) is 15.4. The van der Waals surface area contributed by atoms with Crippen molar-refractivity contribution in [3.05, 3.63) is 78.5 Å². The van der Waals surface area contributed by atoms with Crippen LogP contribution in [0.4, 0.5) is 0 Å². The third kappa shape index (κ3) is 2.60. The van der Waals surface area contributed by atoms with Gasteiger partial charge >= 0.3 is 0 Å². The van der Waals surface area contributed by atoms with E-state index in [0.29, 0.717) is 5.44 Å². The van der Waals surface area contributed by atoms with Gasteiger partial charge < -0.3 is 4.57 Å². The van der Waals surface area contributed by atoms with E-state index in [0.717, 1.165) is 22.7 Å². The van der Waals surface area contributed by atoms with E-state index in [4.69, 9.17) is 0 Å². The number of benzene rings is 2. The zero-order valence-corrected chi connectivity index (χ0v) is 13.3. The topological polar surface area (TPSA) is 42.9 Å². The van der Waals surface area contributed by atoms with Crippen molar-refractivity contribution in [1.82, 2.24) is 10.2 Å². The molecule has 0 fully saturated rings. The van der Waals surface area contributed by atoms with E-state index in [1.54, 1.807) is 0 Å². The van der Waals surface area contributed by atoms with Gasteiger partial charge in [0.05, 0.1) is 5.69 Å². The number of hydrogen-bond acceptors (Lipinski definition) is 3. The van der Waals surface area contributed by atoms with Crippen LogP contribution in [0.2, 0.25) is 0 Å². The molecule has 0 spiro atoms. The van der Waals surface area contributed by atoms with Gasteiger partial charge in [0.1, 0.15) is 5.44 Å². The molecule has 4 heteroatoms. The Kier molecular flexibility index (Phi) is 4.17. The highest BCUT2D eigenvalue weighted by Gasteiger charge is 2.31. The molecule has 1 heterocycles. The molecule has 0 N–H and O–H groups in total. The van der Waals surface area contributed by atoms with Crippen molar-refractivity contribution in [2.75, 3.05) is 0 Å². The SMILES string of the molecule is CCc1ccc(P(=O)(c2ccccc2)c2ccccc2)nn1. The second-order valence-electron chi connectivity index (χ2n) is 5.02. The van der Waals surface area contributed by atoms with Crippen LogP contribution in [-0.4, -0.2) is 10.2 Å². The fourth-order valence-corrected chi connectivity index (χ4v) is 4.87. The van der Waals surface area contributed by atoms with Crippen molar-refractivity contribution in [1.29, 1.82) is 0 Å². The maximum absolute atomic E-state index is 13.9. The maximum Gasteiger partial charge on any atom is 0.190 e. The Balaban J connectivity index is 2.21. The van der Waals surface area contributed by atoms with Crippen LogP contribution in [0, 0.1) is 0 Å². The van der Waals surface area contributed by atoms with Gasteiger partial charge in [0.25, 0.3) is 0 Å². The highest BCUT2D eigenvalue weighted by Crippen LogP contribution is 2.41. The van der Waals surface area contributed by atoms with Crippen LogP contribution in [-0.2, 0) is 11.0 Å². The molecule has 3 aromatic rings. The minimum Gasteiger partial charge on any atom is -0.307 e. The lowest BCUT2D eigenvalue weighted by Gasteiger charge is -2.18. The Labute approximate surface area is 130 Å². The Morgan fingerprint density at radius 3 is 1.73 bits per heavy atom. The molecule has 0 aliphatic heterocycles. The number of rotatable bonds is 4. The molecule has 2 aromatic carbocycles. The summed E-state index contributed by atoms with van der Waals surface area (Å²) in [5.41, 5.74) is 1.43. The number of aryl methyl sites for hydroxylation is 1. The molecule has 3 rings (SSSR count). The van der Waals surface area contributed by atoms with E-state index in [1.165, 1.54) is 0 Å². The van der Waals surface area contributed by atoms with Crippen LogP contribution < -0.4 is 16.0 Å². The molecule has 0 saturated heterocycles. The van der Waals surface area contributed by atoms with Crippen LogP contribution in [0.5, 0.6) is 0 Å². The van der Waals surface area contributed by atoms with Crippen molar-refractivity contribution in [3.63, 3.8) is 0 Å². The van der Waals surface area contributed by atoms with Gasteiger partial charge in [0, 0.05) is 10.6 Å². The molecule has 0 aliphatic carbocycles. The van der Waals surface area contributed by atoms with Gasteiger partial charge in [-0.05, 0) is 18.6 Å². The minimum absolute atomic E-state index is 0.530. The largest absolute Gasteiger partial charge is 0.307 e. The van der Waals surface area contributed by atoms with Crippen LogP contribution >= 0.6 is 7.14 Å². The lowest BCUT2D eigenvalue weighted by Crippen LogP contribution is -2.27. The quantitative estimate of drug-likeness (QED) is 0.696. The first-order valence-electron chi connectivity index (χ1n) is 7.29. The predicted octanol–water partition coefficient (Wildman–Crippen LogP) is 2.68. The van der Waals surface area contributed by atoms with Gasteiger partial charge in [-0.3, -0.25) is 0 Å². The van der Waals surface area contributed by atoms with Crippen LogP contribution in [0.1, 0.15) is 12.6 Å². The fourth-order valence-electron chi connectivity index (χ4n) is 2.40. The monoisotopic (exact) mass is 308 g/mol. The Hall–Kier alpha value is -2.25. The molecule has 110 valence electrons. The van der Waals surface area contributed by atoms with E-state index in [1.807, 2.05) is 79.7 Å². The Morgan fingerprint density at radius 1 is 0.773 bits per heavy atom. The van der Waals surface area contributed by atoms with Gasteiger partial charge in [0.2, 0.25) is 0 Å². The Morgan fingerprint density at radius 2 is 1.32 bits per heavy atom. The standard InChI is InChI=1S/C18H17N2OP/c1-2-15-13-14-18(20-19-15)22(21,16-9-5-3-6-10-16)17-11-7-4-8-12-17/h3-14H,2H2,1H3. The van der Waals surface area contributed by atoms with E-state index in [2.05, 4.69) is 10.2 Å². The second kappa shape index (κ2) is 6.25. The summed E-state index contributed by atoms with van der Waals surface area (Å²) in [6.45, 7) is 2.03. The Bertz CT molecular complexity index is 743. The smallest absolute Gasteiger partial charge is 0.190 e. The van der Waals surface area contributed by atoms with Crippen LogP contribution in [0.15, 0.2) is 72.8 Å². The average Bonchev–Trinajstić information content (AvgIpc) is 2.62. The molecular weight excluding hydrogens is 291 g/mol. The maximum atomic E-state index is 13.9. The van der Waals surface area contributed by atoms with Crippen molar-refractivity contribution in [3.8, 4) is 0 Å². The highest BCUT2D eigenvalue weighted by molar-refractivity contribution is 7.85. The summed E-state index contributed by atoms with van der Waals surface area (Å²) in [6, 6.07) is 22.8.